The maximum atomic E-state index is 12.7. The Labute approximate surface area is 141 Å². The number of aryl methyl sites for hydroxylation is 1. The highest BCUT2D eigenvalue weighted by Crippen LogP contribution is 2.31. The first-order chi connectivity index (χ1) is 11.1. The van der Waals surface area contributed by atoms with E-state index >= 15 is 0 Å². The summed E-state index contributed by atoms with van der Waals surface area (Å²) in [6, 6.07) is 9.99. The van der Waals surface area contributed by atoms with E-state index in [1.165, 1.54) is 23.4 Å². The van der Waals surface area contributed by atoms with Crippen LogP contribution in [0.1, 0.15) is 48.2 Å². The first-order valence-electron chi connectivity index (χ1n) is 8.40. The van der Waals surface area contributed by atoms with E-state index in [9.17, 15) is 4.79 Å². The third kappa shape index (κ3) is 3.63. The Balaban J connectivity index is 1.93. The van der Waals surface area contributed by atoms with E-state index in [0.717, 1.165) is 29.2 Å². The number of carbonyl (C=O) groups excluding carboxylic acids is 1. The zero-order chi connectivity index (χ0) is 16.4. The van der Waals surface area contributed by atoms with Crippen LogP contribution in [0.3, 0.4) is 0 Å². The Kier molecular flexibility index (Phi) is 4.81. The molecule has 1 saturated carbocycles. The monoisotopic (exact) mass is 328 g/mol. The SMILES string of the molecule is CC[C@H](C(=O)/N=c1\sc(C)c(C)n1CC1CC1)c1ccccc1. The van der Waals surface area contributed by atoms with Gasteiger partial charge in [0.15, 0.2) is 4.80 Å². The third-order valence-corrected chi connectivity index (χ3v) is 5.74. The molecule has 1 aromatic carbocycles. The number of benzene rings is 1. The van der Waals surface area contributed by atoms with Crippen molar-refractivity contribution in [3.05, 3.63) is 51.3 Å². The van der Waals surface area contributed by atoms with Gasteiger partial charge in [-0.05, 0) is 44.6 Å². The van der Waals surface area contributed by atoms with Crippen LogP contribution in [0.25, 0.3) is 0 Å². The Morgan fingerprint density at radius 3 is 2.61 bits per heavy atom. The number of hydrogen-bond donors (Lipinski definition) is 0. The van der Waals surface area contributed by atoms with Crippen LogP contribution < -0.4 is 4.80 Å². The predicted octanol–water partition coefficient (Wildman–Crippen LogP) is 4.20. The number of thiazole rings is 1. The molecule has 3 rings (SSSR count). The summed E-state index contributed by atoms with van der Waals surface area (Å²) in [6.45, 7) is 7.30. The second-order valence-corrected chi connectivity index (χ2v) is 7.58. The number of nitrogens with zero attached hydrogens (tertiary/aromatic N) is 2. The lowest BCUT2D eigenvalue weighted by molar-refractivity contribution is -0.119. The fraction of sp³-hybridized carbons (Fsp3) is 0.474. The van der Waals surface area contributed by atoms with Gasteiger partial charge in [0.2, 0.25) is 0 Å². The van der Waals surface area contributed by atoms with Crippen LogP contribution >= 0.6 is 11.3 Å². The summed E-state index contributed by atoms with van der Waals surface area (Å²) in [6.07, 6.45) is 3.38. The van der Waals surface area contributed by atoms with Gasteiger partial charge in [-0.15, -0.1) is 11.3 Å². The van der Waals surface area contributed by atoms with Crippen LogP contribution in [0.2, 0.25) is 0 Å². The Bertz CT molecular complexity index is 753. The van der Waals surface area contributed by atoms with E-state index in [1.807, 2.05) is 37.3 Å². The molecule has 3 nitrogen and oxygen atoms in total. The molecule has 1 fully saturated rings. The van der Waals surface area contributed by atoms with E-state index in [0.29, 0.717) is 0 Å². The predicted molar refractivity (Wildman–Crippen MR) is 94.6 cm³/mol. The number of amides is 1. The molecule has 1 atom stereocenters. The lowest BCUT2D eigenvalue weighted by atomic mass is 9.96. The highest BCUT2D eigenvalue weighted by atomic mass is 32.1. The molecule has 0 saturated heterocycles. The first-order valence-corrected chi connectivity index (χ1v) is 9.22. The average molecular weight is 328 g/mol. The van der Waals surface area contributed by atoms with E-state index in [4.69, 9.17) is 0 Å². The van der Waals surface area contributed by atoms with Gasteiger partial charge in [-0.3, -0.25) is 4.79 Å². The van der Waals surface area contributed by atoms with Crippen molar-refractivity contribution in [1.29, 1.82) is 0 Å². The molecule has 1 heterocycles. The topological polar surface area (TPSA) is 34.4 Å². The number of carbonyl (C=O) groups is 1. The lowest BCUT2D eigenvalue weighted by Crippen LogP contribution is -2.21. The van der Waals surface area contributed by atoms with Gasteiger partial charge in [-0.25, -0.2) is 0 Å². The second kappa shape index (κ2) is 6.83. The molecule has 1 amide bonds. The van der Waals surface area contributed by atoms with Crippen molar-refractivity contribution in [1.82, 2.24) is 4.57 Å². The maximum absolute atomic E-state index is 12.7. The smallest absolute Gasteiger partial charge is 0.255 e. The van der Waals surface area contributed by atoms with Crippen molar-refractivity contribution in [2.24, 2.45) is 10.9 Å². The minimum atomic E-state index is -0.145. The molecule has 4 heteroatoms. The summed E-state index contributed by atoms with van der Waals surface area (Å²) in [5.74, 6) is 0.602. The molecule has 0 unspecified atom stereocenters. The number of rotatable bonds is 5. The minimum Gasteiger partial charge on any atom is -0.320 e. The van der Waals surface area contributed by atoms with Gasteiger partial charge >= 0.3 is 0 Å². The van der Waals surface area contributed by atoms with E-state index in [-0.39, 0.29) is 11.8 Å². The van der Waals surface area contributed by atoms with Gasteiger partial charge in [0.25, 0.3) is 5.91 Å². The molecule has 122 valence electrons. The quantitative estimate of drug-likeness (QED) is 0.810. The van der Waals surface area contributed by atoms with Gasteiger partial charge in [-0.2, -0.15) is 4.99 Å². The zero-order valence-electron chi connectivity index (χ0n) is 14.1. The van der Waals surface area contributed by atoms with E-state index < -0.39 is 0 Å². The molecule has 1 aromatic heterocycles. The van der Waals surface area contributed by atoms with Crippen molar-refractivity contribution in [2.45, 2.75) is 52.5 Å². The maximum Gasteiger partial charge on any atom is 0.255 e. The molecule has 23 heavy (non-hydrogen) atoms. The normalized spacial score (nSPS) is 16.6. The molecule has 0 spiro atoms. The van der Waals surface area contributed by atoms with Crippen LogP contribution in [0, 0.1) is 19.8 Å². The van der Waals surface area contributed by atoms with Gasteiger partial charge < -0.3 is 4.57 Å². The van der Waals surface area contributed by atoms with Crippen molar-refractivity contribution >= 4 is 17.2 Å². The molecular weight excluding hydrogens is 304 g/mol. The lowest BCUT2D eigenvalue weighted by Gasteiger charge is -2.11. The van der Waals surface area contributed by atoms with E-state index in [2.05, 4.69) is 23.4 Å². The molecule has 2 aromatic rings. The van der Waals surface area contributed by atoms with Crippen LogP contribution in [-0.2, 0) is 11.3 Å². The van der Waals surface area contributed by atoms with Crippen LogP contribution in [-0.4, -0.2) is 10.5 Å². The van der Waals surface area contributed by atoms with Gasteiger partial charge in [0, 0.05) is 17.1 Å². The fourth-order valence-electron chi connectivity index (χ4n) is 2.87. The summed E-state index contributed by atoms with van der Waals surface area (Å²) < 4.78 is 2.24. The molecular formula is C19H24N2OS. The minimum absolute atomic E-state index is 0.0236. The summed E-state index contributed by atoms with van der Waals surface area (Å²) in [5.41, 5.74) is 2.31. The van der Waals surface area contributed by atoms with Crippen molar-refractivity contribution in [3.8, 4) is 0 Å². The molecule has 0 radical (unpaired) electrons. The molecule has 0 bridgehead atoms. The Morgan fingerprint density at radius 1 is 1.30 bits per heavy atom. The van der Waals surface area contributed by atoms with Gasteiger partial charge in [0.05, 0.1) is 5.92 Å². The fourth-order valence-corrected chi connectivity index (χ4v) is 3.86. The molecule has 1 aliphatic carbocycles. The largest absolute Gasteiger partial charge is 0.320 e. The Hall–Kier alpha value is -1.68. The highest BCUT2D eigenvalue weighted by Gasteiger charge is 2.24. The van der Waals surface area contributed by atoms with Crippen molar-refractivity contribution in [3.63, 3.8) is 0 Å². The summed E-state index contributed by atoms with van der Waals surface area (Å²) in [7, 11) is 0. The van der Waals surface area contributed by atoms with E-state index in [1.54, 1.807) is 11.3 Å². The summed E-state index contributed by atoms with van der Waals surface area (Å²) >= 11 is 1.64. The van der Waals surface area contributed by atoms with Gasteiger partial charge in [-0.1, -0.05) is 37.3 Å². The van der Waals surface area contributed by atoms with Crippen LogP contribution in [0.15, 0.2) is 35.3 Å². The molecule has 0 N–H and O–H groups in total. The third-order valence-electron chi connectivity index (χ3n) is 4.64. The van der Waals surface area contributed by atoms with Crippen LogP contribution in [0.5, 0.6) is 0 Å². The standard InChI is InChI=1S/C19H24N2OS/c1-4-17(16-8-6-5-7-9-16)18(22)20-19-21(12-15-10-11-15)13(2)14(3)23-19/h5-9,15,17H,4,10-12H2,1-3H3/b20-19-/t17-/m0/s1. The average Bonchev–Trinajstić information content (AvgIpc) is 3.33. The second-order valence-electron chi connectivity index (χ2n) is 6.40. The Morgan fingerprint density at radius 2 is 2.00 bits per heavy atom. The number of aromatic nitrogens is 1. The molecule has 0 aliphatic heterocycles. The van der Waals surface area contributed by atoms with Crippen LogP contribution in [0.4, 0.5) is 0 Å². The van der Waals surface area contributed by atoms with Crippen molar-refractivity contribution < 1.29 is 4.79 Å². The van der Waals surface area contributed by atoms with Gasteiger partial charge in [0.1, 0.15) is 0 Å². The number of hydrogen-bond acceptors (Lipinski definition) is 2. The molecule has 1 aliphatic rings. The zero-order valence-corrected chi connectivity index (χ0v) is 14.9. The van der Waals surface area contributed by atoms with Crippen molar-refractivity contribution in [2.75, 3.05) is 0 Å². The highest BCUT2D eigenvalue weighted by molar-refractivity contribution is 7.09. The first kappa shape index (κ1) is 16.2. The summed E-state index contributed by atoms with van der Waals surface area (Å²) in [5, 5.41) is 0. The summed E-state index contributed by atoms with van der Waals surface area (Å²) in [4.78, 5) is 19.4.